The highest BCUT2D eigenvalue weighted by molar-refractivity contribution is 5.74. The van der Waals surface area contributed by atoms with Crippen LogP contribution in [0, 0.1) is 0 Å². The Bertz CT molecular complexity index is 269. The van der Waals surface area contributed by atoms with E-state index in [0.717, 1.165) is 6.42 Å². The molecular weight excluding hydrogens is 214 g/mol. The zero-order valence-electron chi connectivity index (χ0n) is 9.47. The average Bonchev–Trinajstić information content (AvgIpc) is 2.65. The summed E-state index contributed by atoms with van der Waals surface area (Å²) in [6, 6.07) is -0.0316. The van der Waals surface area contributed by atoms with Crippen LogP contribution in [0.25, 0.3) is 0 Å². The summed E-state index contributed by atoms with van der Waals surface area (Å²) in [6.07, 6.45) is 0.916. The molecule has 7 heteroatoms. The Labute approximate surface area is 93.9 Å². The number of hydrogen-bond acceptors (Lipinski definition) is 4. The number of urea groups is 1. The molecule has 0 bridgehead atoms. The maximum atomic E-state index is 11.5. The fraction of sp³-hybridized carbons (Fsp3) is 0.778. The molecule has 2 amide bonds. The summed E-state index contributed by atoms with van der Waals surface area (Å²) in [4.78, 5) is 29.8. The van der Waals surface area contributed by atoms with Crippen LogP contribution in [0.4, 0.5) is 4.79 Å². The summed E-state index contributed by atoms with van der Waals surface area (Å²) >= 11 is 0. The zero-order chi connectivity index (χ0) is 12.1. The molecular formula is C9H17N3O4. The van der Waals surface area contributed by atoms with E-state index in [4.69, 9.17) is 5.11 Å². The van der Waals surface area contributed by atoms with Gasteiger partial charge in [0.25, 0.3) is 0 Å². The Morgan fingerprint density at radius 1 is 1.56 bits per heavy atom. The van der Waals surface area contributed by atoms with Crippen LogP contribution < -0.4 is 5.48 Å². The number of hydrogen-bond donors (Lipinski definition) is 2. The van der Waals surface area contributed by atoms with Crippen molar-refractivity contribution in [3.63, 3.8) is 0 Å². The van der Waals surface area contributed by atoms with Crippen LogP contribution in [-0.2, 0) is 9.63 Å². The Morgan fingerprint density at radius 2 is 2.25 bits per heavy atom. The van der Waals surface area contributed by atoms with Crippen molar-refractivity contribution in [1.82, 2.24) is 15.3 Å². The second-order valence-electron chi connectivity index (χ2n) is 3.94. The number of carboxylic acids is 1. The minimum absolute atomic E-state index is 0.352. The first-order valence-electron chi connectivity index (χ1n) is 5.05. The first-order valence-corrected chi connectivity index (χ1v) is 5.05. The number of nitrogens with one attached hydrogen (secondary N) is 1. The lowest BCUT2D eigenvalue weighted by atomic mass is 10.2. The number of nitrogens with zero attached hydrogens (tertiary/aromatic N) is 2. The van der Waals surface area contributed by atoms with Crippen LogP contribution in [0.1, 0.15) is 6.42 Å². The lowest BCUT2D eigenvalue weighted by Crippen LogP contribution is -2.41. The smallest absolute Gasteiger partial charge is 0.341 e. The number of likely N-dealkylation sites (tertiary alicyclic amines) is 1. The number of amides is 2. The van der Waals surface area contributed by atoms with E-state index in [1.54, 1.807) is 4.90 Å². The Balaban J connectivity index is 2.25. The van der Waals surface area contributed by atoms with Crippen molar-refractivity contribution in [2.24, 2.45) is 0 Å². The van der Waals surface area contributed by atoms with E-state index < -0.39 is 12.6 Å². The highest BCUT2D eigenvalue weighted by atomic mass is 16.7. The van der Waals surface area contributed by atoms with Crippen LogP contribution in [0.3, 0.4) is 0 Å². The van der Waals surface area contributed by atoms with Crippen LogP contribution in [0.15, 0.2) is 0 Å². The normalized spacial score (nSPS) is 20.2. The predicted octanol–water partition coefficient (Wildman–Crippen LogP) is -0.652. The molecule has 0 aromatic heterocycles. The summed E-state index contributed by atoms with van der Waals surface area (Å²) < 4.78 is 0. The standard InChI is InChI=1S/C9H17N3O4/c1-11(2)7-3-4-12(5-7)9(15)10-16-6-8(13)14/h7H,3-6H2,1-2H3,(H,10,15)(H,13,14). The van der Waals surface area contributed by atoms with Gasteiger partial charge in [0.15, 0.2) is 6.61 Å². The van der Waals surface area contributed by atoms with Gasteiger partial charge in [0.2, 0.25) is 0 Å². The maximum Gasteiger partial charge on any atom is 0.341 e. The quantitative estimate of drug-likeness (QED) is 0.628. The van der Waals surface area contributed by atoms with Gasteiger partial charge in [-0.25, -0.2) is 15.1 Å². The van der Waals surface area contributed by atoms with Crippen LogP contribution in [0.2, 0.25) is 0 Å². The number of carbonyl (C=O) groups is 2. The fourth-order valence-electron chi connectivity index (χ4n) is 1.57. The molecule has 16 heavy (non-hydrogen) atoms. The summed E-state index contributed by atoms with van der Waals surface area (Å²) in [7, 11) is 3.93. The Kier molecular flexibility index (Phi) is 4.51. The molecule has 1 fully saturated rings. The van der Waals surface area contributed by atoms with Crippen LogP contribution in [-0.4, -0.2) is 66.7 Å². The molecule has 0 radical (unpaired) electrons. The average molecular weight is 231 g/mol. The number of carboxylic acid groups (broad SMARTS) is 1. The van der Waals surface area contributed by atoms with Gasteiger partial charge in [-0.05, 0) is 20.5 Å². The first kappa shape index (κ1) is 12.7. The van der Waals surface area contributed by atoms with Crippen molar-refractivity contribution in [2.45, 2.75) is 12.5 Å². The van der Waals surface area contributed by atoms with E-state index >= 15 is 0 Å². The van der Waals surface area contributed by atoms with Crippen LogP contribution >= 0.6 is 0 Å². The molecule has 1 atom stereocenters. The highest BCUT2D eigenvalue weighted by Crippen LogP contribution is 2.12. The van der Waals surface area contributed by atoms with Crippen molar-refractivity contribution < 1.29 is 19.5 Å². The molecule has 0 aromatic rings. The summed E-state index contributed by atoms with van der Waals surface area (Å²) in [5.41, 5.74) is 2.10. The van der Waals surface area contributed by atoms with E-state index in [1.165, 1.54) is 0 Å². The summed E-state index contributed by atoms with van der Waals surface area (Å²) in [6.45, 7) is 0.761. The van der Waals surface area contributed by atoms with Gasteiger partial charge in [0.1, 0.15) is 0 Å². The number of carbonyl (C=O) groups excluding carboxylic acids is 1. The monoisotopic (exact) mass is 231 g/mol. The van der Waals surface area contributed by atoms with Gasteiger partial charge < -0.3 is 14.9 Å². The topological polar surface area (TPSA) is 82.1 Å². The third-order valence-corrected chi connectivity index (χ3v) is 2.54. The molecule has 1 aliphatic heterocycles. The van der Waals surface area contributed by atoms with Gasteiger partial charge in [-0.1, -0.05) is 0 Å². The zero-order valence-corrected chi connectivity index (χ0v) is 9.47. The third-order valence-electron chi connectivity index (χ3n) is 2.54. The lowest BCUT2D eigenvalue weighted by Gasteiger charge is -2.20. The van der Waals surface area contributed by atoms with E-state index in [-0.39, 0.29) is 6.03 Å². The second kappa shape index (κ2) is 5.66. The molecule has 1 aliphatic rings. The molecule has 7 nitrogen and oxygen atoms in total. The third kappa shape index (κ3) is 3.67. The number of likely N-dealkylation sites (N-methyl/N-ethyl adjacent to an activating group) is 1. The lowest BCUT2D eigenvalue weighted by molar-refractivity contribution is -0.144. The van der Waals surface area contributed by atoms with E-state index in [9.17, 15) is 9.59 Å². The molecule has 0 spiro atoms. The fourth-order valence-corrected chi connectivity index (χ4v) is 1.57. The number of hydroxylamine groups is 1. The summed E-state index contributed by atoms with van der Waals surface area (Å²) in [5.74, 6) is -1.12. The van der Waals surface area contributed by atoms with Gasteiger partial charge in [0.05, 0.1) is 0 Å². The van der Waals surface area contributed by atoms with Gasteiger partial charge >= 0.3 is 12.0 Å². The van der Waals surface area contributed by atoms with Gasteiger partial charge in [-0.15, -0.1) is 0 Å². The minimum Gasteiger partial charge on any atom is -0.479 e. The molecule has 0 aliphatic carbocycles. The summed E-state index contributed by atoms with van der Waals surface area (Å²) in [5, 5.41) is 8.31. The number of aliphatic carboxylic acids is 1. The molecule has 92 valence electrons. The maximum absolute atomic E-state index is 11.5. The molecule has 1 rings (SSSR count). The highest BCUT2D eigenvalue weighted by Gasteiger charge is 2.27. The van der Waals surface area contributed by atoms with E-state index in [1.807, 2.05) is 14.1 Å². The second-order valence-corrected chi connectivity index (χ2v) is 3.94. The molecule has 1 unspecified atom stereocenters. The van der Waals surface area contributed by atoms with Crippen LogP contribution in [0.5, 0.6) is 0 Å². The predicted molar refractivity (Wildman–Crippen MR) is 55.8 cm³/mol. The molecule has 2 N–H and O–H groups in total. The van der Waals surface area contributed by atoms with Crippen molar-refractivity contribution >= 4 is 12.0 Å². The van der Waals surface area contributed by atoms with Gasteiger partial charge in [0, 0.05) is 19.1 Å². The minimum atomic E-state index is -1.12. The first-order chi connectivity index (χ1) is 7.50. The largest absolute Gasteiger partial charge is 0.479 e. The Hall–Kier alpha value is -1.34. The Morgan fingerprint density at radius 3 is 2.75 bits per heavy atom. The van der Waals surface area contributed by atoms with Crippen molar-refractivity contribution in [3.05, 3.63) is 0 Å². The van der Waals surface area contributed by atoms with Crippen molar-refractivity contribution in [1.29, 1.82) is 0 Å². The number of rotatable bonds is 4. The van der Waals surface area contributed by atoms with Crippen molar-refractivity contribution in [2.75, 3.05) is 33.8 Å². The van der Waals surface area contributed by atoms with Crippen molar-refractivity contribution in [3.8, 4) is 0 Å². The molecule has 0 saturated carbocycles. The van der Waals surface area contributed by atoms with E-state index in [2.05, 4.69) is 15.2 Å². The van der Waals surface area contributed by atoms with E-state index in [0.29, 0.717) is 19.1 Å². The molecule has 1 heterocycles. The molecule has 0 aromatic carbocycles. The van der Waals surface area contributed by atoms with Gasteiger partial charge in [-0.2, -0.15) is 0 Å². The SMILES string of the molecule is CN(C)C1CCN(C(=O)NOCC(=O)O)C1. The van der Waals surface area contributed by atoms with Gasteiger partial charge in [-0.3, -0.25) is 4.84 Å². The molecule has 1 saturated heterocycles.